The number of carbonyl (C=O) groups is 1. The average Bonchev–Trinajstić information content (AvgIpc) is 2.20. The van der Waals surface area contributed by atoms with Gasteiger partial charge in [0.25, 0.3) is 0 Å². The molecule has 2 unspecified atom stereocenters. The van der Waals surface area contributed by atoms with Crippen molar-refractivity contribution in [1.29, 1.82) is 0 Å². The minimum Gasteiger partial charge on any atom is -0.469 e. The van der Waals surface area contributed by atoms with Crippen LogP contribution in [0.2, 0.25) is 0 Å². The number of ether oxygens (including phenoxy) is 1. The highest BCUT2D eigenvalue weighted by Gasteiger charge is 2.27. The van der Waals surface area contributed by atoms with Crippen molar-refractivity contribution in [3.8, 4) is 0 Å². The van der Waals surface area contributed by atoms with Crippen molar-refractivity contribution < 1.29 is 9.53 Å². The van der Waals surface area contributed by atoms with Gasteiger partial charge in [0.05, 0.1) is 13.5 Å². The molecule has 0 aromatic heterocycles. The number of rotatable bonds is 3. The summed E-state index contributed by atoms with van der Waals surface area (Å²) in [7, 11) is 1.44. The summed E-state index contributed by atoms with van der Waals surface area (Å²) in [4.78, 5) is 13.6. The van der Waals surface area contributed by atoms with Gasteiger partial charge in [-0.2, -0.15) is 0 Å². The van der Waals surface area contributed by atoms with Crippen molar-refractivity contribution in [2.24, 2.45) is 0 Å². The third kappa shape index (κ3) is 3.47. The normalized spacial score (nSPS) is 28.1. The Morgan fingerprint density at radius 3 is 2.80 bits per heavy atom. The molecule has 0 aromatic carbocycles. The Bertz CT molecular complexity index is 219. The smallest absolute Gasteiger partial charge is 0.307 e. The molecule has 0 aliphatic carbocycles. The lowest BCUT2D eigenvalue weighted by Gasteiger charge is -2.41. The first-order valence-corrected chi connectivity index (χ1v) is 5.60. The van der Waals surface area contributed by atoms with E-state index in [0.717, 1.165) is 13.1 Å². The van der Waals surface area contributed by atoms with Crippen LogP contribution in [0, 0.1) is 0 Å². The van der Waals surface area contributed by atoms with E-state index in [9.17, 15) is 4.79 Å². The molecular weight excluding hydrogens is 192 g/mol. The number of methoxy groups -OCH3 is 1. The van der Waals surface area contributed by atoms with Crippen molar-refractivity contribution >= 4 is 5.97 Å². The molecule has 0 radical (unpaired) electrons. The first-order chi connectivity index (χ1) is 7.04. The fourth-order valence-electron chi connectivity index (χ4n) is 2.09. The summed E-state index contributed by atoms with van der Waals surface area (Å²) in [5.74, 6) is -0.134. The topological polar surface area (TPSA) is 41.6 Å². The van der Waals surface area contributed by atoms with Crippen LogP contribution in [0.3, 0.4) is 0 Å². The van der Waals surface area contributed by atoms with E-state index in [1.54, 1.807) is 0 Å². The standard InChI is InChI=1S/C11H22N2O2/c1-8(2)13-7-10(5-11(14)15-4)12-6-9(13)3/h8-10,12H,5-7H2,1-4H3. The minimum absolute atomic E-state index is 0.134. The number of piperazine rings is 1. The molecule has 1 N–H and O–H groups in total. The van der Waals surface area contributed by atoms with E-state index in [2.05, 4.69) is 35.7 Å². The molecule has 88 valence electrons. The van der Waals surface area contributed by atoms with E-state index in [-0.39, 0.29) is 12.0 Å². The molecule has 1 heterocycles. The average molecular weight is 214 g/mol. The van der Waals surface area contributed by atoms with Crippen molar-refractivity contribution in [2.75, 3.05) is 20.2 Å². The lowest BCUT2D eigenvalue weighted by atomic mass is 10.1. The molecule has 0 bridgehead atoms. The second-order valence-electron chi connectivity index (χ2n) is 4.52. The summed E-state index contributed by atoms with van der Waals surface area (Å²) in [5, 5.41) is 3.38. The number of nitrogens with zero attached hydrogens (tertiary/aromatic N) is 1. The predicted octanol–water partition coefficient (Wildman–Crippen LogP) is 0.620. The zero-order valence-corrected chi connectivity index (χ0v) is 10.1. The van der Waals surface area contributed by atoms with Crippen LogP contribution >= 0.6 is 0 Å². The monoisotopic (exact) mass is 214 g/mol. The molecule has 4 heteroatoms. The summed E-state index contributed by atoms with van der Waals surface area (Å²) < 4.78 is 4.68. The maximum absolute atomic E-state index is 11.2. The Balaban J connectivity index is 2.46. The first kappa shape index (κ1) is 12.5. The van der Waals surface area contributed by atoms with Gasteiger partial charge in [-0.25, -0.2) is 0 Å². The number of nitrogens with one attached hydrogen (secondary N) is 1. The maximum atomic E-state index is 11.2. The fraction of sp³-hybridized carbons (Fsp3) is 0.909. The number of hydrogen-bond donors (Lipinski definition) is 1. The molecular formula is C11H22N2O2. The fourth-order valence-corrected chi connectivity index (χ4v) is 2.09. The Hall–Kier alpha value is -0.610. The van der Waals surface area contributed by atoms with Crippen LogP contribution in [0.1, 0.15) is 27.2 Å². The van der Waals surface area contributed by atoms with Crippen molar-refractivity contribution in [3.63, 3.8) is 0 Å². The van der Waals surface area contributed by atoms with Gasteiger partial charge in [-0.3, -0.25) is 9.69 Å². The third-order valence-electron chi connectivity index (χ3n) is 3.00. The molecule has 2 atom stereocenters. The second kappa shape index (κ2) is 5.47. The van der Waals surface area contributed by atoms with Crippen LogP contribution in [-0.2, 0) is 9.53 Å². The molecule has 1 fully saturated rings. The van der Waals surface area contributed by atoms with Crippen LogP contribution < -0.4 is 5.32 Å². The van der Waals surface area contributed by atoms with Crippen LogP contribution in [0.5, 0.6) is 0 Å². The highest BCUT2D eigenvalue weighted by molar-refractivity contribution is 5.69. The van der Waals surface area contributed by atoms with Gasteiger partial charge < -0.3 is 10.1 Å². The van der Waals surface area contributed by atoms with Gasteiger partial charge in [0.2, 0.25) is 0 Å². The van der Waals surface area contributed by atoms with E-state index >= 15 is 0 Å². The van der Waals surface area contributed by atoms with Crippen LogP contribution in [0.4, 0.5) is 0 Å². The number of hydrogen-bond acceptors (Lipinski definition) is 4. The molecule has 0 spiro atoms. The quantitative estimate of drug-likeness (QED) is 0.699. The van der Waals surface area contributed by atoms with Crippen LogP contribution in [0.15, 0.2) is 0 Å². The minimum atomic E-state index is -0.134. The summed E-state index contributed by atoms with van der Waals surface area (Å²) in [6, 6.07) is 1.30. The molecule has 0 aromatic rings. The van der Waals surface area contributed by atoms with E-state index in [0.29, 0.717) is 18.5 Å². The third-order valence-corrected chi connectivity index (χ3v) is 3.00. The van der Waals surface area contributed by atoms with E-state index in [1.807, 2.05) is 0 Å². The van der Waals surface area contributed by atoms with E-state index in [4.69, 9.17) is 0 Å². The number of carbonyl (C=O) groups excluding carboxylic acids is 1. The van der Waals surface area contributed by atoms with Gasteiger partial charge in [0, 0.05) is 31.2 Å². The summed E-state index contributed by atoms with van der Waals surface area (Å²) in [6.07, 6.45) is 0.465. The van der Waals surface area contributed by atoms with Gasteiger partial charge in [-0.15, -0.1) is 0 Å². The molecule has 1 aliphatic rings. The van der Waals surface area contributed by atoms with Gasteiger partial charge >= 0.3 is 5.97 Å². The summed E-state index contributed by atoms with van der Waals surface area (Å²) in [6.45, 7) is 8.46. The Morgan fingerprint density at radius 1 is 1.60 bits per heavy atom. The Kier molecular flexibility index (Phi) is 4.54. The second-order valence-corrected chi connectivity index (χ2v) is 4.52. The van der Waals surface area contributed by atoms with Gasteiger partial charge in [-0.05, 0) is 20.8 Å². The predicted molar refractivity (Wildman–Crippen MR) is 59.7 cm³/mol. The lowest BCUT2D eigenvalue weighted by Crippen LogP contribution is -2.57. The van der Waals surface area contributed by atoms with Crippen molar-refractivity contribution in [2.45, 2.75) is 45.3 Å². The zero-order valence-electron chi connectivity index (χ0n) is 10.1. The maximum Gasteiger partial charge on any atom is 0.307 e. The first-order valence-electron chi connectivity index (χ1n) is 5.60. The van der Waals surface area contributed by atoms with Crippen molar-refractivity contribution in [3.05, 3.63) is 0 Å². The lowest BCUT2D eigenvalue weighted by molar-refractivity contribution is -0.141. The Morgan fingerprint density at radius 2 is 2.27 bits per heavy atom. The SMILES string of the molecule is COC(=O)CC1CN(C(C)C)C(C)CN1. The largest absolute Gasteiger partial charge is 0.469 e. The summed E-state index contributed by atoms with van der Waals surface area (Å²) in [5.41, 5.74) is 0. The molecule has 4 nitrogen and oxygen atoms in total. The molecule has 15 heavy (non-hydrogen) atoms. The Labute approximate surface area is 92.0 Å². The van der Waals surface area contributed by atoms with Crippen LogP contribution in [-0.4, -0.2) is 49.2 Å². The molecule has 0 saturated carbocycles. The van der Waals surface area contributed by atoms with Gasteiger partial charge in [0.15, 0.2) is 0 Å². The van der Waals surface area contributed by atoms with Gasteiger partial charge in [0.1, 0.15) is 0 Å². The van der Waals surface area contributed by atoms with Crippen LogP contribution in [0.25, 0.3) is 0 Å². The van der Waals surface area contributed by atoms with Gasteiger partial charge in [-0.1, -0.05) is 0 Å². The molecule has 1 rings (SSSR count). The molecule has 1 saturated heterocycles. The highest BCUT2D eigenvalue weighted by Crippen LogP contribution is 2.12. The summed E-state index contributed by atoms with van der Waals surface area (Å²) >= 11 is 0. The number of esters is 1. The van der Waals surface area contributed by atoms with E-state index < -0.39 is 0 Å². The highest BCUT2D eigenvalue weighted by atomic mass is 16.5. The van der Waals surface area contributed by atoms with Crippen molar-refractivity contribution in [1.82, 2.24) is 10.2 Å². The molecule has 0 amide bonds. The molecule has 1 aliphatic heterocycles. The van der Waals surface area contributed by atoms with E-state index in [1.165, 1.54) is 7.11 Å². The zero-order chi connectivity index (χ0) is 11.4.